The maximum Gasteiger partial charge on any atom is 0.248 e. The topological polar surface area (TPSA) is 59.8 Å². The first kappa shape index (κ1) is 18.4. The number of hydrogen-bond donors (Lipinski definition) is 0. The smallest absolute Gasteiger partial charge is 0.248 e. The van der Waals surface area contributed by atoms with E-state index in [0.29, 0.717) is 12.4 Å². The van der Waals surface area contributed by atoms with Gasteiger partial charge in [0.25, 0.3) is 0 Å². The Morgan fingerprint density at radius 3 is 2.92 bits per heavy atom. The molecule has 0 radical (unpaired) electrons. The van der Waals surface area contributed by atoms with Crippen molar-refractivity contribution in [3.05, 3.63) is 47.9 Å². The molecule has 140 valence electrons. The number of amides is 1. The lowest BCUT2D eigenvalue weighted by molar-refractivity contribution is -0.136. The number of aromatic nitrogens is 2. The van der Waals surface area contributed by atoms with Crippen molar-refractivity contribution in [3.63, 3.8) is 0 Å². The Balaban J connectivity index is 1.74. The molecule has 2 aromatic rings. The van der Waals surface area contributed by atoms with E-state index in [9.17, 15) is 4.79 Å². The van der Waals surface area contributed by atoms with Crippen LogP contribution in [0.15, 0.2) is 36.7 Å². The lowest BCUT2D eigenvalue weighted by Crippen LogP contribution is -2.36. The van der Waals surface area contributed by atoms with Crippen LogP contribution in [0.25, 0.3) is 0 Å². The highest BCUT2D eigenvalue weighted by Crippen LogP contribution is 2.21. The van der Waals surface area contributed by atoms with E-state index in [1.165, 1.54) is 5.69 Å². The van der Waals surface area contributed by atoms with Gasteiger partial charge in [0.1, 0.15) is 6.61 Å². The second-order valence-corrected chi connectivity index (χ2v) is 6.71. The van der Waals surface area contributed by atoms with Gasteiger partial charge in [-0.3, -0.25) is 9.69 Å². The summed E-state index contributed by atoms with van der Waals surface area (Å²) in [5.41, 5.74) is 2.27. The van der Waals surface area contributed by atoms with Crippen molar-refractivity contribution in [2.45, 2.75) is 25.7 Å². The highest BCUT2D eigenvalue weighted by Gasteiger charge is 2.24. The molecule has 0 aromatic carbocycles. The number of pyridine rings is 1. The first-order valence-corrected chi connectivity index (χ1v) is 8.73. The summed E-state index contributed by atoms with van der Waals surface area (Å²) in [6, 6.07) is 8.12. The minimum Gasteiger partial charge on any atom is -0.481 e. The zero-order valence-corrected chi connectivity index (χ0v) is 15.6. The van der Waals surface area contributed by atoms with E-state index < -0.39 is 0 Å². The van der Waals surface area contributed by atoms with Crippen molar-refractivity contribution in [2.75, 3.05) is 34.4 Å². The zero-order valence-electron chi connectivity index (χ0n) is 15.6. The van der Waals surface area contributed by atoms with Gasteiger partial charge in [-0.25, -0.2) is 4.98 Å². The van der Waals surface area contributed by atoms with Gasteiger partial charge in [-0.1, -0.05) is 6.07 Å². The van der Waals surface area contributed by atoms with Crippen LogP contribution in [0, 0.1) is 0 Å². The number of hydrogen-bond acceptors (Lipinski definition) is 5. The van der Waals surface area contributed by atoms with Crippen LogP contribution < -0.4 is 4.74 Å². The lowest BCUT2D eigenvalue weighted by Gasteiger charge is -2.25. The third kappa shape index (κ3) is 4.42. The number of ether oxygens (including phenoxy) is 2. The first-order chi connectivity index (χ1) is 12.6. The van der Waals surface area contributed by atoms with Gasteiger partial charge in [0.15, 0.2) is 0 Å². The third-order valence-corrected chi connectivity index (χ3v) is 4.55. The quantitative estimate of drug-likeness (QED) is 0.781. The van der Waals surface area contributed by atoms with Crippen molar-refractivity contribution in [3.8, 4) is 5.88 Å². The van der Waals surface area contributed by atoms with Crippen molar-refractivity contribution >= 4 is 5.91 Å². The summed E-state index contributed by atoms with van der Waals surface area (Å²) >= 11 is 0. The summed E-state index contributed by atoms with van der Waals surface area (Å²) in [4.78, 5) is 20.0. The van der Waals surface area contributed by atoms with E-state index in [4.69, 9.17) is 9.47 Å². The van der Waals surface area contributed by atoms with E-state index in [1.54, 1.807) is 32.3 Å². The van der Waals surface area contributed by atoms with Gasteiger partial charge in [0.2, 0.25) is 11.8 Å². The zero-order chi connectivity index (χ0) is 18.5. The summed E-state index contributed by atoms with van der Waals surface area (Å²) in [6.07, 6.45) is 3.73. The molecule has 0 aliphatic carbocycles. The maximum atomic E-state index is 11.9. The number of methoxy groups -OCH3 is 1. The Labute approximate surface area is 154 Å². The van der Waals surface area contributed by atoms with Crippen LogP contribution in [-0.4, -0.2) is 65.7 Å². The third-order valence-electron chi connectivity index (χ3n) is 4.55. The minimum atomic E-state index is -0.0600. The number of carbonyl (C=O) groups excluding carboxylic acids is 1. The van der Waals surface area contributed by atoms with Crippen molar-refractivity contribution in [1.82, 2.24) is 19.4 Å². The van der Waals surface area contributed by atoms with Gasteiger partial charge in [-0.2, -0.15) is 0 Å². The monoisotopic (exact) mass is 358 g/mol. The molecule has 1 aliphatic rings. The van der Waals surface area contributed by atoms with Crippen LogP contribution in [0.5, 0.6) is 5.88 Å². The first-order valence-electron chi connectivity index (χ1n) is 8.73. The molecular formula is C19H26N4O3. The molecule has 0 fully saturated rings. The lowest BCUT2D eigenvalue weighted by atomic mass is 10.2. The Morgan fingerprint density at radius 2 is 2.15 bits per heavy atom. The molecular weight excluding hydrogens is 332 g/mol. The van der Waals surface area contributed by atoms with Crippen LogP contribution >= 0.6 is 0 Å². The molecule has 0 spiro atoms. The van der Waals surface area contributed by atoms with Crippen molar-refractivity contribution in [1.29, 1.82) is 0 Å². The maximum absolute atomic E-state index is 11.9. The molecule has 0 bridgehead atoms. The van der Waals surface area contributed by atoms with E-state index >= 15 is 0 Å². The van der Waals surface area contributed by atoms with Crippen LogP contribution in [0.2, 0.25) is 0 Å². The molecule has 0 unspecified atom stereocenters. The molecule has 0 N–H and O–H groups in total. The van der Waals surface area contributed by atoms with E-state index in [0.717, 1.165) is 25.2 Å². The van der Waals surface area contributed by atoms with E-state index in [-0.39, 0.29) is 18.6 Å². The second kappa shape index (κ2) is 8.33. The summed E-state index contributed by atoms with van der Waals surface area (Å²) in [7, 11) is 5.12. The van der Waals surface area contributed by atoms with Gasteiger partial charge >= 0.3 is 0 Å². The molecule has 1 amide bonds. The normalized spacial score (nSPS) is 17.4. The van der Waals surface area contributed by atoms with E-state index in [2.05, 4.69) is 26.7 Å². The van der Waals surface area contributed by atoms with E-state index in [1.807, 2.05) is 18.2 Å². The van der Waals surface area contributed by atoms with Crippen LogP contribution in [0.3, 0.4) is 0 Å². The predicted octanol–water partition coefficient (Wildman–Crippen LogP) is 1.38. The molecule has 0 saturated heterocycles. The number of rotatable bonds is 6. The second-order valence-electron chi connectivity index (χ2n) is 6.71. The Morgan fingerprint density at radius 1 is 1.31 bits per heavy atom. The van der Waals surface area contributed by atoms with Crippen molar-refractivity contribution < 1.29 is 14.3 Å². The summed E-state index contributed by atoms with van der Waals surface area (Å²) < 4.78 is 13.5. The van der Waals surface area contributed by atoms with Crippen LogP contribution in [0.1, 0.15) is 11.3 Å². The number of likely N-dealkylation sites (N-methyl/N-ethyl adjacent to an activating group) is 1. The Kier molecular flexibility index (Phi) is 5.90. The molecule has 2 aromatic heterocycles. The fraction of sp³-hybridized carbons (Fsp3) is 0.474. The summed E-state index contributed by atoms with van der Waals surface area (Å²) in [6.45, 7) is 3.10. The fourth-order valence-electron chi connectivity index (χ4n) is 3.14. The molecule has 1 atom stereocenters. The molecule has 26 heavy (non-hydrogen) atoms. The van der Waals surface area contributed by atoms with Gasteiger partial charge in [0, 0.05) is 63.9 Å². The predicted molar refractivity (Wildman–Crippen MR) is 97.8 cm³/mol. The van der Waals surface area contributed by atoms with Gasteiger partial charge in [-0.15, -0.1) is 0 Å². The minimum absolute atomic E-state index is 0.0255. The fourth-order valence-corrected chi connectivity index (χ4v) is 3.14. The van der Waals surface area contributed by atoms with Crippen LogP contribution in [0.4, 0.5) is 0 Å². The molecule has 1 aliphatic heterocycles. The number of nitrogens with zero attached hydrogens (tertiary/aromatic N) is 4. The Hall–Kier alpha value is -2.38. The average Bonchev–Trinajstić information content (AvgIpc) is 2.99. The standard InChI is InChI=1S/C19H26N4O3/c1-21(2)18(24)14-26-17-12-22(11-16-7-5-9-23(16)13-17)10-15-6-4-8-20-19(15)25-3/h4-9,17H,10-14H2,1-3H3/t17-/m0/s1. The molecule has 0 saturated carbocycles. The molecule has 7 nitrogen and oxygen atoms in total. The molecule has 7 heteroatoms. The summed E-state index contributed by atoms with van der Waals surface area (Å²) in [5, 5.41) is 0. The van der Waals surface area contributed by atoms with Gasteiger partial charge in [-0.05, 0) is 18.2 Å². The number of fused-ring (bicyclic) bond motifs is 1. The highest BCUT2D eigenvalue weighted by atomic mass is 16.5. The number of carbonyl (C=O) groups is 1. The summed E-state index contributed by atoms with van der Waals surface area (Å²) in [5.74, 6) is 0.620. The largest absolute Gasteiger partial charge is 0.481 e. The highest BCUT2D eigenvalue weighted by molar-refractivity contribution is 5.76. The van der Waals surface area contributed by atoms with Crippen LogP contribution in [-0.2, 0) is 29.2 Å². The molecule has 3 heterocycles. The molecule has 3 rings (SSSR count). The van der Waals surface area contributed by atoms with Crippen molar-refractivity contribution in [2.24, 2.45) is 0 Å². The van der Waals surface area contributed by atoms with Gasteiger partial charge in [0.05, 0.1) is 13.2 Å². The Bertz CT molecular complexity index is 744. The van der Waals surface area contributed by atoms with Gasteiger partial charge < -0.3 is 18.9 Å². The average molecular weight is 358 g/mol. The SMILES string of the molecule is COc1ncccc1CN1Cc2cccn2C[C@@H](OCC(=O)N(C)C)C1.